The van der Waals surface area contributed by atoms with E-state index in [1.807, 2.05) is 35.2 Å². The Morgan fingerprint density at radius 1 is 1.33 bits per heavy atom. The molecule has 0 aliphatic carbocycles. The van der Waals surface area contributed by atoms with Gasteiger partial charge in [0.25, 0.3) is 0 Å². The van der Waals surface area contributed by atoms with Crippen molar-refractivity contribution < 1.29 is 19.1 Å². The molecule has 7 nitrogen and oxygen atoms in total. The van der Waals surface area contributed by atoms with Crippen molar-refractivity contribution >= 4 is 17.8 Å². The van der Waals surface area contributed by atoms with Crippen molar-refractivity contribution in [3.8, 4) is 0 Å². The van der Waals surface area contributed by atoms with Crippen LogP contribution in [0, 0.1) is 5.92 Å². The van der Waals surface area contributed by atoms with E-state index in [4.69, 9.17) is 9.47 Å². The molecule has 1 fully saturated rings. The van der Waals surface area contributed by atoms with Crippen LogP contribution in [0.2, 0.25) is 0 Å². The zero-order valence-electron chi connectivity index (χ0n) is 13.6. The number of morpholine rings is 1. The number of esters is 1. The number of carbonyl (C=O) groups is 2. The van der Waals surface area contributed by atoms with Crippen LogP contribution in [0.5, 0.6) is 0 Å². The first-order valence-corrected chi connectivity index (χ1v) is 8.13. The molecule has 7 heteroatoms. The lowest BCUT2D eigenvalue weighted by Crippen LogP contribution is -2.55. The van der Waals surface area contributed by atoms with Gasteiger partial charge >= 0.3 is 5.97 Å². The minimum Gasteiger partial charge on any atom is -0.465 e. The number of benzene rings is 1. The maximum atomic E-state index is 12.6. The monoisotopic (exact) mass is 331 g/mol. The Kier molecular flexibility index (Phi) is 5.10. The highest BCUT2D eigenvalue weighted by Crippen LogP contribution is 2.30. The van der Waals surface area contributed by atoms with Gasteiger partial charge in [0.15, 0.2) is 5.92 Å². The third-order valence-electron chi connectivity index (χ3n) is 4.09. The summed E-state index contributed by atoms with van der Waals surface area (Å²) in [6, 6.07) is 8.78. The number of guanidine groups is 1. The van der Waals surface area contributed by atoms with Crippen molar-refractivity contribution in [3.05, 3.63) is 35.9 Å². The number of rotatable bonds is 3. The molecular weight excluding hydrogens is 310 g/mol. The zero-order chi connectivity index (χ0) is 16.9. The van der Waals surface area contributed by atoms with Crippen molar-refractivity contribution in [2.45, 2.75) is 13.0 Å². The predicted molar refractivity (Wildman–Crippen MR) is 87.3 cm³/mol. The third-order valence-corrected chi connectivity index (χ3v) is 4.09. The van der Waals surface area contributed by atoms with Crippen LogP contribution >= 0.6 is 0 Å². The average Bonchev–Trinajstić information content (AvgIpc) is 2.62. The zero-order valence-corrected chi connectivity index (χ0v) is 13.6. The highest BCUT2D eigenvalue weighted by Gasteiger charge is 2.41. The van der Waals surface area contributed by atoms with Crippen molar-refractivity contribution in [1.29, 1.82) is 0 Å². The normalized spacial score (nSPS) is 24.1. The third kappa shape index (κ3) is 3.41. The summed E-state index contributed by atoms with van der Waals surface area (Å²) < 4.78 is 10.4. The number of nitrogens with one attached hydrogen (secondary N) is 1. The van der Waals surface area contributed by atoms with Crippen molar-refractivity contribution in [2.24, 2.45) is 10.9 Å². The Bertz CT molecular complexity index is 626. The van der Waals surface area contributed by atoms with E-state index < -0.39 is 17.9 Å². The summed E-state index contributed by atoms with van der Waals surface area (Å²) in [6.45, 7) is 4.44. The van der Waals surface area contributed by atoms with Gasteiger partial charge in [0.05, 0.1) is 19.8 Å². The molecule has 0 saturated carbocycles. The van der Waals surface area contributed by atoms with Crippen LogP contribution in [-0.4, -0.2) is 55.6 Å². The summed E-state index contributed by atoms with van der Waals surface area (Å²) in [4.78, 5) is 31.5. The molecule has 1 aromatic rings. The molecule has 2 aliphatic rings. The molecule has 24 heavy (non-hydrogen) atoms. The number of nitrogens with zero attached hydrogens (tertiary/aromatic N) is 2. The highest BCUT2D eigenvalue weighted by atomic mass is 16.5. The molecule has 3 rings (SSSR count). The summed E-state index contributed by atoms with van der Waals surface area (Å²) in [7, 11) is 0. The van der Waals surface area contributed by atoms with E-state index in [0.717, 1.165) is 5.56 Å². The fraction of sp³-hybridized carbons (Fsp3) is 0.471. The molecular formula is C17H21N3O4. The Hall–Kier alpha value is -2.41. The molecule has 0 radical (unpaired) electrons. The summed E-state index contributed by atoms with van der Waals surface area (Å²) >= 11 is 0. The van der Waals surface area contributed by atoms with E-state index in [1.54, 1.807) is 6.92 Å². The van der Waals surface area contributed by atoms with Crippen molar-refractivity contribution in [2.75, 3.05) is 32.9 Å². The molecule has 0 aromatic heterocycles. The largest absolute Gasteiger partial charge is 0.465 e. The second-order valence-electron chi connectivity index (χ2n) is 5.63. The van der Waals surface area contributed by atoms with Gasteiger partial charge in [-0.2, -0.15) is 0 Å². The van der Waals surface area contributed by atoms with E-state index in [0.29, 0.717) is 32.3 Å². The van der Waals surface area contributed by atoms with Crippen LogP contribution in [0.15, 0.2) is 35.3 Å². The number of hydrogen-bond donors (Lipinski definition) is 1. The second-order valence-corrected chi connectivity index (χ2v) is 5.63. The first-order valence-electron chi connectivity index (χ1n) is 8.13. The lowest BCUT2D eigenvalue weighted by Gasteiger charge is -2.35. The van der Waals surface area contributed by atoms with Gasteiger partial charge in [-0.15, -0.1) is 0 Å². The second kappa shape index (κ2) is 7.44. The van der Waals surface area contributed by atoms with Gasteiger partial charge in [0.2, 0.25) is 11.9 Å². The number of amides is 1. The fourth-order valence-electron chi connectivity index (χ4n) is 2.89. The Balaban J connectivity index is 1.94. The van der Waals surface area contributed by atoms with Crippen LogP contribution in [0.3, 0.4) is 0 Å². The van der Waals surface area contributed by atoms with Gasteiger partial charge in [0, 0.05) is 13.1 Å². The van der Waals surface area contributed by atoms with Crippen LogP contribution in [0.25, 0.3) is 0 Å². The lowest BCUT2D eigenvalue weighted by atomic mass is 9.91. The van der Waals surface area contributed by atoms with Gasteiger partial charge in [-0.3, -0.25) is 14.9 Å². The predicted octanol–water partition coefficient (Wildman–Crippen LogP) is 0.725. The van der Waals surface area contributed by atoms with E-state index in [1.165, 1.54) is 0 Å². The molecule has 0 spiro atoms. The molecule has 1 N–H and O–H groups in total. The van der Waals surface area contributed by atoms with E-state index >= 15 is 0 Å². The highest BCUT2D eigenvalue weighted by molar-refractivity contribution is 6.08. The van der Waals surface area contributed by atoms with Crippen LogP contribution < -0.4 is 5.32 Å². The maximum absolute atomic E-state index is 12.6. The molecule has 2 atom stereocenters. The van der Waals surface area contributed by atoms with E-state index in [-0.39, 0.29) is 12.5 Å². The summed E-state index contributed by atoms with van der Waals surface area (Å²) in [5.41, 5.74) is 0.816. The molecule has 1 aromatic carbocycles. The van der Waals surface area contributed by atoms with Crippen LogP contribution in [0.1, 0.15) is 18.5 Å². The summed E-state index contributed by atoms with van der Waals surface area (Å²) in [6.07, 6.45) is 0. The van der Waals surface area contributed by atoms with Crippen molar-refractivity contribution in [1.82, 2.24) is 10.2 Å². The van der Waals surface area contributed by atoms with E-state index in [2.05, 4.69) is 10.3 Å². The average molecular weight is 331 g/mol. The minimum atomic E-state index is -0.975. The van der Waals surface area contributed by atoms with Gasteiger partial charge in [0.1, 0.15) is 6.04 Å². The maximum Gasteiger partial charge on any atom is 0.321 e. The SMILES string of the molecule is CCOC(=O)[C@H]1C(=O)NC(N2CCOCC2)=N[C@@H]1c1ccccc1. The number of aliphatic imine (C=N–C) groups is 1. The van der Waals surface area contributed by atoms with Gasteiger partial charge < -0.3 is 14.4 Å². The molecule has 2 aliphatic heterocycles. The van der Waals surface area contributed by atoms with Gasteiger partial charge in [-0.1, -0.05) is 30.3 Å². The Morgan fingerprint density at radius 2 is 2.04 bits per heavy atom. The van der Waals surface area contributed by atoms with Crippen molar-refractivity contribution in [3.63, 3.8) is 0 Å². The topological polar surface area (TPSA) is 80.2 Å². The van der Waals surface area contributed by atoms with Crippen LogP contribution in [-0.2, 0) is 19.1 Å². The number of carbonyl (C=O) groups excluding carboxylic acids is 2. The summed E-state index contributed by atoms with van der Waals surface area (Å²) in [5.74, 6) is -1.40. The quantitative estimate of drug-likeness (QED) is 0.652. The fourth-order valence-corrected chi connectivity index (χ4v) is 2.89. The number of hydrogen-bond acceptors (Lipinski definition) is 6. The molecule has 1 saturated heterocycles. The molecule has 0 unspecified atom stereocenters. The molecule has 0 bridgehead atoms. The Labute approximate surface area is 140 Å². The molecule has 1 amide bonds. The van der Waals surface area contributed by atoms with E-state index in [9.17, 15) is 9.59 Å². The summed E-state index contributed by atoms with van der Waals surface area (Å²) in [5, 5.41) is 2.76. The van der Waals surface area contributed by atoms with Gasteiger partial charge in [-0.25, -0.2) is 4.99 Å². The standard InChI is InChI=1S/C17H21N3O4/c1-2-24-16(22)13-14(12-6-4-3-5-7-12)18-17(19-15(13)21)20-8-10-23-11-9-20/h3-7,13-14H,2,8-11H2,1H3,(H,18,19,21)/t13-,14-/m1/s1. The smallest absolute Gasteiger partial charge is 0.321 e. The van der Waals surface area contributed by atoms with Gasteiger partial charge in [-0.05, 0) is 12.5 Å². The Morgan fingerprint density at radius 3 is 2.71 bits per heavy atom. The first kappa shape index (κ1) is 16.4. The minimum absolute atomic E-state index is 0.226. The molecule has 128 valence electrons. The number of ether oxygens (including phenoxy) is 2. The van der Waals surface area contributed by atoms with Crippen LogP contribution in [0.4, 0.5) is 0 Å². The lowest BCUT2D eigenvalue weighted by molar-refractivity contribution is -0.153. The molecule has 2 heterocycles. The first-order chi connectivity index (χ1) is 11.7.